The molecule has 1 saturated heterocycles. The van der Waals surface area contributed by atoms with Gasteiger partial charge in [-0.2, -0.15) is 10.2 Å². The number of aromatic amines is 1. The van der Waals surface area contributed by atoms with Gasteiger partial charge in [-0.1, -0.05) is 11.6 Å². The van der Waals surface area contributed by atoms with E-state index in [4.69, 9.17) is 11.6 Å². The molecule has 2 atom stereocenters. The number of H-pyrrole nitrogens is 1. The van der Waals surface area contributed by atoms with E-state index < -0.39 is 6.10 Å². The number of aliphatic hydroxyl groups is 1. The van der Waals surface area contributed by atoms with Crippen molar-refractivity contribution in [2.24, 2.45) is 13.0 Å². The highest BCUT2D eigenvalue weighted by molar-refractivity contribution is 6.34. The van der Waals surface area contributed by atoms with Gasteiger partial charge >= 0.3 is 0 Å². The minimum absolute atomic E-state index is 0.0326. The number of aliphatic hydroxyl groups excluding tert-OH is 1. The number of hydrogen-bond donors (Lipinski definition) is 2. The highest BCUT2D eigenvalue weighted by Gasteiger charge is 2.36. The lowest BCUT2D eigenvalue weighted by Gasteiger charge is -2.16. The van der Waals surface area contributed by atoms with Crippen molar-refractivity contribution < 1.29 is 9.90 Å². The predicted octanol–water partition coefficient (Wildman–Crippen LogP) is 1.09. The molecule has 1 amide bonds. The van der Waals surface area contributed by atoms with Crippen LogP contribution in [0.2, 0.25) is 5.02 Å². The Labute approximate surface area is 139 Å². The molecule has 2 aromatic heterocycles. The van der Waals surface area contributed by atoms with E-state index in [0.717, 1.165) is 11.4 Å². The van der Waals surface area contributed by atoms with Gasteiger partial charge in [-0.25, -0.2) is 0 Å². The maximum Gasteiger partial charge on any atom is 0.273 e. The Morgan fingerprint density at radius 1 is 1.48 bits per heavy atom. The van der Waals surface area contributed by atoms with E-state index in [-0.39, 0.29) is 11.8 Å². The molecule has 1 aliphatic rings. The molecule has 2 N–H and O–H groups in total. The highest BCUT2D eigenvalue weighted by atomic mass is 35.5. The van der Waals surface area contributed by atoms with Crippen LogP contribution in [0.3, 0.4) is 0 Å². The van der Waals surface area contributed by atoms with Crippen LogP contribution in [0.25, 0.3) is 0 Å². The number of rotatable bonds is 3. The van der Waals surface area contributed by atoms with E-state index in [9.17, 15) is 9.90 Å². The van der Waals surface area contributed by atoms with Crippen molar-refractivity contribution in [1.82, 2.24) is 24.9 Å². The lowest BCUT2D eigenvalue weighted by atomic mass is 10.0. The van der Waals surface area contributed by atoms with Crippen LogP contribution in [0.1, 0.15) is 27.6 Å². The lowest BCUT2D eigenvalue weighted by Crippen LogP contribution is -2.31. The number of aromatic nitrogens is 4. The van der Waals surface area contributed by atoms with E-state index in [1.165, 1.54) is 4.68 Å². The molecule has 0 aromatic carbocycles. The molecule has 3 heterocycles. The molecule has 0 unspecified atom stereocenters. The third-order valence-electron chi connectivity index (χ3n) is 4.28. The Balaban J connectivity index is 1.74. The van der Waals surface area contributed by atoms with Crippen molar-refractivity contribution >= 4 is 17.5 Å². The zero-order valence-electron chi connectivity index (χ0n) is 13.4. The van der Waals surface area contributed by atoms with Crippen LogP contribution in [0, 0.1) is 19.8 Å². The number of carbonyl (C=O) groups excluding carboxylic acids is 1. The first kappa shape index (κ1) is 16.0. The molecule has 8 heteroatoms. The van der Waals surface area contributed by atoms with E-state index >= 15 is 0 Å². The monoisotopic (exact) mass is 337 g/mol. The fourth-order valence-electron chi connectivity index (χ4n) is 3.08. The first-order valence-electron chi connectivity index (χ1n) is 7.54. The van der Waals surface area contributed by atoms with Crippen LogP contribution >= 0.6 is 11.6 Å². The van der Waals surface area contributed by atoms with Crippen LogP contribution in [-0.2, 0) is 13.5 Å². The van der Waals surface area contributed by atoms with Crippen LogP contribution in [0.4, 0.5) is 0 Å². The summed E-state index contributed by atoms with van der Waals surface area (Å²) in [7, 11) is 1.70. The molecule has 0 radical (unpaired) electrons. The van der Waals surface area contributed by atoms with Crippen molar-refractivity contribution in [2.75, 3.05) is 13.1 Å². The number of carbonyl (C=O) groups is 1. The quantitative estimate of drug-likeness (QED) is 0.877. The number of halogens is 1. The first-order chi connectivity index (χ1) is 10.9. The fourth-order valence-corrected chi connectivity index (χ4v) is 3.32. The summed E-state index contributed by atoms with van der Waals surface area (Å²) in [6.45, 7) is 4.48. The van der Waals surface area contributed by atoms with Crippen LogP contribution in [-0.4, -0.2) is 55.1 Å². The number of amides is 1. The summed E-state index contributed by atoms with van der Waals surface area (Å²) in [6.07, 6.45) is 0.0667. The summed E-state index contributed by atoms with van der Waals surface area (Å²) in [6, 6.07) is 1.96. The second-order valence-corrected chi connectivity index (χ2v) is 6.53. The standard InChI is InChI=1S/C15H20ClN5O2/c1-8-4-11(18-17-8)5-10-6-21(7-12(10)22)15(23)14-13(16)9(2)19-20(14)3/h4,10,12,22H,5-7H2,1-3H3,(H,17,18)/t10-,12-/m1/s1. The smallest absolute Gasteiger partial charge is 0.273 e. The van der Waals surface area contributed by atoms with Crippen molar-refractivity contribution in [3.05, 3.63) is 33.9 Å². The third-order valence-corrected chi connectivity index (χ3v) is 4.73. The first-order valence-corrected chi connectivity index (χ1v) is 7.92. The van der Waals surface area contributed by atoms with Gasteiger partial charge in [0.15, 0.2) is 0 Å². The Morgan fingerprint density at radius 2 is 2.22 bits per heavy atom. The van der Waals surface area contributed by atoms with Crippen LogP contribution in [0.15, 0.2) is 6.07 Å². The molecular formula is C15H20ClN5O2. The predicted molar refractivity (Wildman–Crippen MR) is 85.4 cm³/mol. The van der Waals surface area contributed by atoms with E-state index in [2.05, 4.69) is 15.3 Å². The summed E-state index contributed by atoms with van der Waals surface area (Å²) in [5.41, 5.74) is 2.88. The Bertz CT molecular complexity index is 738. The van der Waals surface area contributed by atoms with Gasteiger partial charge in [0.05, 0.1) is 22.5 Å². The number of aryl methyl sites for hydroxylation is 3. The van der Waals surface area contributed by atoms with Gasteiger partial charge in [0.1, 0.15) is 5.69 Å². The summed E-state index contributed by atoms with van der Waals surface area (Å²) in [5, 5.41) is 21.9. The van der Waals surface area contributed by atoms with Gasteiger partial charge in [-0.15, -0.1) is 0 Å². The maximum atomic E-state index is 12.7. The average molecular weight is 338 g/mol. The Morgan fingerprint density at radius 3 is 2.78 bits per heavy atom. The van der Waals surface area contributed by atoms with Gasteiger partial charge in [0.2, 0.25) is 0 Å². The highest BCUT2D eigenvalue weighted by Crippen LogP contribution is 2.26. The molecule has 23 heavy (non-hydrogen) atoms. The van der Waals surface area contributed by atoms with Gasteiger partial charge in [0.25, 0.3) is 5.91 Å². The Hall–Kier alpha value is -1.86. The molecule has 3 rings (SSSR count). The summed E-state index contributed by atoms with van der Waals surface area (Å²) >= 11 is 6.19. The zero-order valence-corrected chi connectivity index (χ0v) is 14.1. The molecule has 7 nitrogen and oxygen atoms in total. The topological polar surface area (TPSA) is 87.0 Å². The number of hydrogen-bond acceptors (Lipinski definition) is 4. The van der Waals surface area contributed by atoms with Crippen LogP contribution < -0.4 is 0 Å². The van der Waals surface area contributed by atoms with Gasteiger partial charge in [0, 0.05) is 31.7 Å². The summed E-state index contributed by atoms with van der Waals surface area (Å²) < 4.78 is 1.50. The third kappa shape index (κ3) is 2.98. The van der Waals surface area contributed by atoms with E-state index in [1.54, 1.807) is 18.9 Å². The molecule has 1 fully saturated rings. The zero-order chi connectivity index (χ0) is 16.7. The van der Waals surface area contributed by atoms with Gasteiger partial charge < -0.3 is 10.0 Å². The Kier molecular flexibility index (Phi) is 4.16. The molecule has 0 bridgehead atoms. The van der Waals surface area contributed by atoms with E-state index in [1.807, 2.05) is 13.0 Å². The minimum atomic E-state index is -0.566. The second-order valence-electron chi connectivity index (χ2n) is 6.16. The molecule has 0 aliphatic carbocycles. The summed E-state index contributed by atoms with van der Waals surface area (Å²) in [5.74, 6) is -0.229. The normalized spacial score (nSPS) is 21.2. The number of nitrogens with one attached hydrogen (secondary N) is 1. The van der Waals surface area contributed by atoms with Gasteiger partial charge in [-0.3, -0.25) is 14.6 Å². The summed E-state index contributed by atoms with van der Waals surface area (Å²) in [4.78, 5) is 14.3. The molecular weight excluding hydrogens is 318 g/mol. The molecule has 0 spiro atoms. The average Bonchev–Trinajstić information content (AvgIpc) is 3.12. The number of β-amino-alcohol motifs (C(OH)–C–C–N with tert-alkyl or cyclic N) is 1. The largest absolute Gasteiger partial charge is 0.391 e. The fraction of sp³-hybridized carbons (Fsp3) is 0.533. The maximum absolute atomic E-state index is 12.7. The number of nitrogens with zero attached hydrogens (tertiary/aromatic N) is 4. The second kappa shape index (κ2) is 5.98. The van der Waals surface area contributed by atoms with Crippen molar-refractivity contribution in [1.29, 1.82) is 0 Å². The van der Waals surface area contributed by atoms with Crippen molar-refractivity contribution in [2.45, 2.75) is 26.4 Å². The molecule has 2 aromatic rings. The van der Waals surface area contributed by atoms with E-state index in [0.29, 0.717) is 35.9 Å². The van der Waals surface area contributed by atoms with Crippen LogP contribution in [0.5, 0.6) is 0 Å². The lowest BCUT2D eigenvalue weighted by molar-refractivity contribution is 0.0754. The SMILES string of the molecule is Cc1cc(C[C@@H]2CN(C(=O)c3c(Cl)c(C)nn3C)C[C@H]2O)n[nH]1. The van der Waals surface area contributed by atoms with Crippen molar-refractivity contribution in [3.63, 3.8) is 0 Å². The molecule has 124 valence electrons. The molecule has 1 aliphatic heterocycles. The molecule has 0 saturated carbocycles. The van der Waals surface area contributed by atoms with Gasteiger partial charge in [-0.05, 0) is 26.3 Å². The van der Waals surface area contributed by atoms with Crippen molar-refractivity contribution in [3.8, 4) is 0 Å². The minimum Gasteiger partial charge on any atom is -0.391 e. The number of likely N-dealkylation sites (tertiary alicyclic amines) is 1.